The van der Waals surface area contributed by atoms with Crippen molar-refractivity contribution in [3.05, 3.63) is 40.5 Å². The Morgan fingerprint density at radius 3 is 2.68 bits per heavy atom. The lowest BCUT2D eigenvalue weighted by molar-refractivity contribution is -0.143. The van der Waals surface area contributed by atoms with E-state index in [1.165, 1.54) is 11.3 Å². The van der Waals surface area contributed by atoms with Crippen LogP contribution >= 0.6 is 11.3 Å². The van der Waals surface area contributed by atoms with E-state index >= 15 is 0 Å². The molecule has 9 heteroatoms. The average molecular weight is 402 g/mol. The molecule has 3 rings (SSSR count). The third-order valence-electron chi connectivity index (χ3n) is 4.18. The third kappa shape index (κ3) is 3.99. The Labute approximate surface area is 166 Å². The van der Waals surface area contributed by atoms with Crippen molar-refractivity contribution < 1.29 is 19.1 Å². The maximum absolute atomic E-state index is 12.7. The summed E-state index contributed by atoms with van der Waals surface area (Å²) in [6, 6.07) is 7.19. The number of esters is 1. The topological polar surface area (TPSA) is 87.7 Å². The van der Waals surface area contributed by atoms with E-state index in [9.17, 15) is 9.59 Å². The summed E-state index contributed by atoms with van der Waals surface area (Å²) in [6.45, 7) is 6.52. The molecule has 2 heterocycles. The first-order chi connectivity index (χ1) is 13.5. The van der Waals surface area contributed by atoms with Crippen LogP contribution in [0.15, 0.2) is 29.3 Å². The molecular formula is C19H22N4O4S. The Balaban J connectivity index is 2.09. The number of aromatic nitrogens is 3. The molecule has 1 amide bonds. The van der Waals surface area contributed by atoms with Gasteiger partial charge in [0, 0.05) is 12.2 Å². The van der Waals surface area contributed by atoms with Gasteiger partial charge in [0.25, 0.3) is 5.91 Å². The standard InChI is InChI=1S/C19H22N4O4S/c1-5-23-12(3)9-14(21-23)18(25)20-19-22(11-17(24)27-6-2)15-8-7-13(26-4)10-16(15)28-19/h7-10H,5-6,11H2,1-4H3. The molecule has 2 aromatic heterocycles. The highest BCUT2D eigenvalue weighted by Crippen LogP contribution is 2.23. The van der Waals surface area contributed by atoms with Crippen molar-refractivity contribution in [3.63, 3.8) is 0 Å². The fraction of sp³-hybridized carbons (Fsp3) is 0.368. The van der Waals surface area contributed by atoms with E-state index < -0.39 is 11.9 Å². The predicted octanol–water partition coefficient (Wildman–Crippen LogP) is 2.54. The molecule has 8 nitrogen and oxygen atoms in total. The molecule has 0 unspecified atom stereocenters. The summed E-state index contributed by atoms with van der Waals surface area (Å²) < 4.78 is 14.6. The SMILES string of the molecule is CCOC(=O)Cn1c(=NC(=O)c2cc(C)n(CC)n2)sc2cc(OC)ccc21. The minimum atomic E-state index is -0.452. The van der Waals surface area contributed by atoms with Crippen LogP contribution in [0.5, 0.6) is 5.75 Å². The van der Waals surface area contributed by atoms with Crippen LogP contribution in [0.4, 0.5) is 0 Å². The Bertz CT molecular complexity index is 1090. The van der Waals surface area contributed by atoms with Gasteiger partial charge in [-0.25, -0.2) is 0 Å². The molecule has 0 aliphatic rings. The summed E-state index contributed by atoms with van der Waals surface area (Å²) >= 11 is 1.31. The van der Waals surface area contributed by atoms with E-state index in [-0.39, 0.29) is 18.8 Å². The number of benzene rings is 1. The van der Waals surface area contributed by atoms with E-state index in [4.69, 9.17) is 9.47 Å². The molecule has 0 atom stereocenters. The number of carbonyl (C=O) groups excluding carboxylic acids is 2. The summed E-state index contributed by atoms with van der Waals surface area (Å²) in [5, 5.41) is 4.28. The quantitative estimate of drug-likeness (QED) is 0.591. The number of nitrogens with zero attached hydrogens (tertiary/aromatic N) is 4. The number of fused-ring (bicyclic) bond motifs is 1. The van der Waals surface area contributed by atoms with E-state index in [2.05, 4.69) is 10.1 Å². The van der Waals surface area contributed by atoms with Crippen LogP contribution < -0.4 is 9.54 Å². The number of rotatable bonds is 6. The van der Waals surface area contributed by atoms with Crippen molar-refractivity contribution in [1.82, 2.24) is 14.3 Å². The Morgan fingerprint density at radius 1 is 1.25 bits per heavy atom. The van der Waals surface area contributed by atoms with E-state index in [0.29, 0.717) is 17.1 Å². The van der Waals surface area contributed by atoms with Gasteiger partial charge in [-0.2, -0.15) is 10.1 Å². The van der Waals surface area contributed by atoms with E-state index in [1.54, 1.807) is 35.4 Å². The lowest BCUT2D eigenvalue weighted by Gasteiger charge is -2.05. The highest BCUT2D eigenvalue weighted by Gasteiger charge is 2.15. The van der Waals surface area contributed by atoms with Crippen molar-refractivity contribution in [1.29, 1.82) is 0 Å². The van der Waals surface area contributed by atoms with Crippen molar-refractivity contribution in [2.24, 2.45) is 4.99 Å². The molecule has 0 aliphatic carbocycles. The van der Waals surface area contributed by atoms with Gasteiger partial charge < -0.3 is 14.0 Å². The second-order valence-corrected chi connectivity index (χ2v) is 7.02. The normalized spacial score (nSPS) is 11.8. The number of carbonyl (C=O) groups is 2. The molecule has 0 N–H and O–H groups in total. The highest BCUT2D eigenvalue weighted by molar-refractivity contribution is 7.16. The van der Waals surface area contributed by atoms with Gasteiger partial charge in [-0.1, -0.05) is 11.3 Å². The molecule has 0 radical (unpaired) electrons. The molecule has 148 valence electrons. The van der Waals surface area contributed by atoms with Crippen LogP contribution in [0.2, 0.25) is 0 Å². The summed E-state index contributed by atoms with van der Waals surface area (Å²) in [6.07, 6.45) is 0. The maximum Gasteiger partial charge on any atom is 0.326 e. The number of thiazole rings is 1. The van der Waals surface area contributed by atoms with Crippen LogP contribution in [-0.4, -0.2) is 39.9 Å². The van der Waals surface area contributed by atoms with Crippen LogP contribution in [0.3, 0.4) is 0 Å². The minimum Gasteiger partial charge on any atom is -0.497 e. The fourth-order valence-electron chi connectivity index (χ4n) is 2.83. The number of amides is 1. The van der Waals surface area contributed by atoms with Crippen LogP contribution in [0.25, 0.3) is 10.2 Å². The first-order valence-electron chi connectivity index (χ1n) is 8.93. The van der Waals surface area contributed by atoms with Crippen LogP contribution in [0.1, 0.15) is 30.0 Å². The zero-order chi connectivity index (χ0) is 20.3. The lowest BCUT2D eigenvalue weighted by atomic mass is 10.3. The number of methoxy groups -OCH3 is 1. The Kier molecular flexibility index (Phi) is 5.93. The first kappa shape index (κ1) is 19.8. The molecule has 3 aromatic rings. The molecular weight excluding hydrogens is 380 g/mol. The molecule has 0 saturated heterocycles. The van der Waals surface area contributed by atoms with Crippen LogP contribution in [0, 0.1) is 6.92 Å². The summed E-state index contributed by atoms with van der Waals surface area (Å²) in [5.41, 5.74) is 1.94. The van der Waals surface area contributed by atoms with Crippen LogP contribution in [-0.2, 0) is 22.6 Å². The predicted molar refractivity (Wildman–Crippen MR) is 106 cm³/mol. The van der Waals surface area contributed by atoms with Gasteiger partial charge in [0.2, 0.25) is 0 Å². The maximum atomic E-state index is 12.7. The molecule has 0 fully saturated rings. The zero-order valence-corrected chi connectivity index (χ0v) is 17.1. The first-order valence-corrected chi connectivity index (χ1v) is 9.75. The van der Waals surface area contributed by atoms with E-state index in [1.807, 2.05) is 26.0 Å². The van der Waals surface area contributed by atoms with Crippen molar-refractivity contribution >= 4 is 33.4 Å². The number of hydrogen-bond donors (Lipinski definition) is 0. The lowest BCUT2D eigenvalue weighted by Crippen LogP contribution is -2.23. The van der Waals surface area contributed by atoms with Crippen molar-refractivity contribution in [2.45, 2.75) is 33.9 Å². The van der Waals surface area contributed by atoms with Gasteiger partial charge in [-0.05, 0) is 45.0 Å². The van der Waals surface area contributed by atoms with Gasteiger partial charge in [0.15, 0.2) is 10.5 Å². The number of hydrogen-bond acceptors (Lipinski definition) is 6. The molecule has 28 heavy (non-hydrogen) atoms. The Hall–Kier alpha value is -2.94. The van der Waals surface area contributed by atoms with Gasteiger partial charge in [0.05, 0.1) is 23.9 Å². The van der Waals surface area contributed by atoms with Gasteiger partial charge >= 0.3 is 5.97 Å². The largest absolute Gasteiger partial charge is 0.497 e. The van der Waals surface area contributed by atoms with Gasteiger partial charge in [0.1, 0.15) is 12.3 Å². The molecule has 0 spiro atoms. The molecule has 1 aromatic carbocycles. The molecule has 0 bridgehead atoms. The average Bonchev–Trinajstić information content (AvgIpc) is 3.21. The monoisotopic (exact) mass is 402 g/mol. The molecule has 0 saturated carbocycles. The molecule has 0 aliphatic heterocycles. The van der Waals surface area contributed by atoms with Gasteiger partial charge in [-0.3, -0.25) is 14.3 Å². The fourth-order valence-corrected chi connectivity index (χ4v) is 3.89. The third-order valence-corrected chi connectivity index (χ3v) is 5.22. The second kappa shape index (κ2) is 8.39. The Morgan fingerprint density at radius 2 is 2.04 bits per heavy atom. The van der Waals surface area contributed by atoms with E-state index in [0.717, 1.165) is 15.9 Å². The summed E-state index contributed by atoms with van der Waals surface area (Å²) in [4.78, 5) is 29.4. The van der Waals surface area contributed by atoms with Crippen molar-refractivity contribution in [3.8, 4) is 5.75 Å². The smallest absolute Gasteiger partial charge is 0.326 e. The number of ether oxygens (including phenoxy) is 2. The highest BCUT2D eigenvalue weighted by atomic mass is 32.1. The zero-order valence-electron chi connectivity index (χ0n) is 16.3. The minimum absolute atomic E-state index is 0.0330. The van der Waals surface area contributed by atoms with Crippen molar-refractivity contribution in [2.75, 3.05) is 13.7 Å². The van der Waals surface area contributed by atoms with Gasteiger partial charge in [-0.15, -0.1) is 0 Å². The second-order valence-electron chi connectivity index (χ2n) is 6.01. The summed E-state index contributed by atoms with van der Waals surface area (Å²) in [5.74, 6) is -0.156. The summed E-state index contributed by atoms with van der Waals surface area (Å²) in [7, 11) is 1.59. The number of aryl methyl sites for hydroxylation is 2.